The molecule has 2 aliphatic carbocycles. The van der Waals surface area contributed by atoms with Crippen LogP contribution in [0.4, 0.5) is 0 Å². The molecule has 0 N–H and O–H groups in total. The van der Waals surface area contributed by atoms with Gasteiger partial charge in [0.25, 0.3) is 0 Å². The highest BCUT2D eigenvalue weighted by molar-refractivity contribution is 5.98. The molecule has 0 aromatic carbocycles. The van der Waals surface area contributed by atoms with E-state index in [0.29, 0.717) is 23.5 Å². The summed E-state index contributed by atoms with van der Waals surface area (Å²) in [5.41, 5.74) is 3.74. The third kappa shape index (κ3) is 2.06. The standard InChI is InChI=1S/C18H24O2/c1-10(2)7-13-8-12(4)14-6-5-11(3)15-9-20-18(16(14)15)17(13)19/h7,9,11-14H,5-6,8H2,1-4H3/t11-,12-,13+,14+/m0/s1. The number of carbonyl (C=O) groups excluding carboxylic acids is 1. The number of carbonyl (C=O) groups is 1. The molecule has 1 heterocycles. The highest BCUT2D eigenvalue weighted by atomic mass is 16.3. The predicted molar refractivity (Wildman–Crippen MR) is 80.1 cm³/mol. The van der Waals surface area contributed by atoms with Crippen molar-refractivity contribution in [1.82, 2.24) is 0 Å². The number of ketones is 1. The molecule has 0 radical (unpaired) electrons. The van der Waals surface area contributed by atoms with Gasteiger partial charge in [0, 0.05) is 11.5 Å². The topological polar surface area (TPSA) is 30.2 Å². The Bertz CT molecular complexity index is 560. The molecule has 0 saturated carbocycles. The van der Waals surface area contributed by atoms with Crippen LogP contribution in [0.1, 0.15) is 80.5 Å². The second kappa shape index (κ2) is 4.91. The van der Waals surface area contributed by atoms with Gasteiger partial charge in [0.2, 0.25) is 5.78 Å². The van der Waals surface area contributed by atoms with Gasteiger partial charge in [-0.2, -0.15) is 0 Å². The minimum atomic E-state index is -0.00819. The Hall–Kier alpha value is -1.31. The third-order valence-corrected chi connectivity index (χ3v) is 5.08. The average Bonchev–Trinajstić information content (AvgIpc) is 2.78. The van der Waals surface area contributed by atoms with Crippen molar-refractivity contribution in [3.05, 3.63) is 34.8 Å². The molecule has 0 saturated heterocycles. The van der Waals surface area contributed by atoms with Crippen LogP contribution in [-0.2, 0) is 0 Å². The first kappa shape index (κ1) is 13.7. The van der Waals surface area contributed by atoms with Crippen molar-refractivity contribution in [2.24, 2.45) is 11.8 Å². The number of furan rings is 1. The van der Waals surface area contributed by atoms with Gasteiger partial charge in [0.1, 0.15) is 0 Å². The maximum absolute atomic E-state index is 12.8. The van der Waals surface area contributed by atoms with Crippen LogP contribution >= 0.6 is 0 Å². The van der Waals surface area contributed by atoms with Crippen molar-refractivity contribution in [2.45, 2.75) is 58.8 Å². The maximum atomic E-state index is 12.8. The molecule has 0 unspecified atom stereocenters. The molecule has 2 aliphatic rings. The molecular weight excluding hydrogens is 248 g/mol. The molecule has 4 atom stereocenters. The SMILES string of the molecule is CC(C)=C[C@@H]1C[C@H](C)[C@H]2CC[C@H](C)c3coc(c32)C1=O. The van der Waals surface area contributed by atoms with E-state index < -0.39 is 0 Å². The fourth-order valence-electron chi connectivity index (χ4n) is 4.02. The van der Waals surface area contributed by atoms with Gasteiger partial charge in [-0.05, 0) is 56.4 Å². The lowest BCUT2D eigenvalue weighted by molar-refractivity contribution is 0.0908. The lowest BCUT2D eigenvalue weighted by Gasteiger charge is -2.30. The second-order valence-electron chi connectivity index (χ2n) is 6.95. The molecule has 1 aromatic heterocycles. The Kier molecular flexibility index (Phi) is 3.35. The van der Waals surface area contributed by atoms with E-state index in [1.807, 2.05) is 6.26 Å². The number of Topliss-reactive ketones (excluding diaryl/α,β-unsaturated/α-hetero) is 1. The van der Waals surface area contributed by atoms with Crippen molar-refractivity contribution in [3.8, 4) is 0 Å². The average molecular weight is 272 g/mol. The van der Waals surface area contributed by atoms with Crippen molar-refractivity contribution >= 4 is 5.78 Å². The van der Waals surface area contributed by atoms with Crippen LogP contribution in [0.5, 0.6) is 0 Å². The van der Waals surface area contributed by atoms with Crippen LogP contribution in [-0.4, -0.2) is 5.78 Å². The normalized spacial score (nSPS) is 32.5. The molecule has 2 heteroatoms. The number of allylic oxidation sites excluding steroid dienone is 2. The summed E-state index contributed by atoms with van der Waals surface area (Å²) in [6.45, 7) is 8.67. The van der Waals surface area contributed by atoms with Crippen LogP contribution < -0.4 is 0 Å². The maximum Gasteiger partial charge on any atom is 0.205 e. The van der Waals surface area contributed by atoms with E-state index in [4.69, 9.17) is 4.42 Å². The molecule has 0 spiro atoms. The lowest BCUT2D eigenvalue weighted by Crippen LogP contribution is -2.17. The van der Waals surface area contributed by atoms with Gasteiger partial charge in [0.05, 0.1) is 6.26 Å². The van der Waals surface area contributed by atoms with E-state index in [2.05, 4.69) is 33.8 Å². The summed E-state index contributed by atoms with van der Waals surface area (Å²) in [4.78, 5) is 12.8. The molecule has 108 valence electrons. The summed E-state index contributed by atoms with van der Waals surface area (Å²) in [6, 6.07) is 0. The van der Waals surface area contributed by atoms with Crippen molar-refractivity contribution in [2.75, 3.05) is 0 Å². The molecule has 0 aliphatic heterocycles. The molecular formula is C18H24O2. The van der Waals surface area contributed by atoms with Crippen LogP contribution in [0.25, 0.3) is 0 Å². The zero-order valence-corrected chi connectivity index (χ0v) is 12.9. The van der Waals surface area contributed by atoms with Crippen molar-refractivity contribution in [3.63, 3.8) is 0 Å². The van der Waals surface area contributed by atoms with E-state index in [1.165, 1.54) is 29.5 Å². The van der Waals surface area contributed by atoms with Crippen LogP contribution in [0.3, 0.4) is 0 Å². The number of hydrogen-bond acceptors (Lipinski definition) is 2. The minimum Gasteiger partial charge on any atom is -0.461 e. The second-order valence-corrected chi connectivity index (χ2v) is 6.95. The minimum absolute atomic E-state index is 0.00819. The van der Waals surface area contributed by atoms with E-state index in [9.17, 15) is 4.79 Å². The molecule has 1 aromatic rings. The fourth-order valence-corrected chi connectivity index (χ4v) is 4.02. The monoisotopic (exact) mass is 272 g/mol. The summed E-state index contributed by atoms with van der Waals surface area (Å²) in [5, 5.41) is 0. The smallest absolute Gasteiger partial charge is 0.205 e. The highest BCUT2D eigenvalue weighted by Crippen LogP contribution is 2.49. The van der Waals surface area contributed by atoms with E-state index in [0.717, 1.165) is 6.42 Å². The van der Waals surface area contributed by atoms with Gasteiger partial charge in [-0.25, -0.2) is 0 Å². The van der Waals surface area contributed by atoms with Crippen molar-refractivity contribution < 1.29 is 9.21 Å². The predicted octanol–water partition coefficient (Wildman–Crippen LogP) is 5.07. The fraction of sp³-hybridized carbons (Fsp3) is 0.611. The highest BCUT2D eigenvalue weighted by Gasteiger charge is 2.40. The van der Waals surface area contributed by atoms with Gasteiger partial charge < -0.3 is 4.42 Å². The van der Waals surface area contributed by atoms with Gasteiger partial charge in [0.15, 0.2) is 5.76 Å². The molecule has 3 rings (SSSR count). The largest absolute Gasteiger partial charge is 0.461 e. The Balaban J connectivity index is 2.11. The summed E-state index contributed by atoms with van der Waals surface area (Å²) in [6.07, 6.45) is 7.32. The van der Waals surface area contributed by atoms with Crippen LogP contribution in [0.15, 0.2) is 22.3 Å². The molecule has 0 bridgehead atoms. The Labute approximate surface area is 121 Å². The Morgan fingerprint density at radius 3 is 2.75 bits per heavy atom. The molecule has 0 amide bonds. The van der Waals surface area contributed by atoms with Crippen LogP contribution in [0.2, 0.25) is 0 Å². The molecule has 20 heavy (non-hydrogen) atoms. The number of hydrogen-bond donors (Lipinski definition) is 0. The summed E-state index contributed by atoms with van der Waals surface area (Å²) in [5.74, 6) is 2.42. The number of rotatable bonds is 1. The molecule has 0 fully saturated rings. The van der Waals surface area contributed by atoms with Gasteiger partial charge in [-0.15, -0.1) is 0 Å². The third-order valence-electron chi connectivity index (χ3n) is 5.08. The zero-order valence-electron chi connectivity index (χ0n) is 12.9. The van der Waals surface area contributed by atoms with Gasteiger partial charge in [-0.1, -0.05) is 25.5 Å². The Morgan fingerprint density at radius 1 is 1.30 bits per heavy atom. The first-order chi connectivity index (χ1) is 9.49. The lowest BCUT2D eigenvalue weighted by atomic mass is 9.73. The molecule has 2 nitrogen and oxygen atoms in total. The summed E-state index contributed by atoms with van der Waals surface area (Å²) >= 11 is 0. The zero-order chi connectivity index (χ0) is 14.4. The Morgan fingerprint density at radius 2 is 2.05 bits per heavy atom. The first-order valence-electron chi connectivity index (χ1n) is 7.79. The summed E-state index contributed by atoms with van der Waals surface area (Å²) < 4.78 is 5.73. The van der Waals surface area contributed by atoms with E-state index >= 15 is 0 Å². The van der Waals surface area contributed by atoms with Gasteiger partial charge >= 0.3 is 0 Å². The van der Waals surface area contributed by atoms with E-state index in [1.54, 1.807) is 0 Å². The van der Waals surface area contributed by atoms with Crippen LogP contribution in [0, 0.1) is 11.8 Å². The quantitative estimate of drug-likeness (QED) is 0.668. The van der Waals surface area contributed by atoms with Gasteiger partial charge in [-0.3, -0.25) is 4.79 Å². The first-order valence-corrected chi connectivity index (χ1v) is 7.79. The summed E-state index contributed by atoms with van der Waals surface area (Å²) in [7, 11) is 0. The van der Waals surface area contributed by atoms with E-state index in [-0.39, 0.29) is 11.7 Å². The van der Waals surface area contributed by atoms with Crippen molar-refractivity contribution in [1.29, 1.82) is 0 Å².